The Morgan fingerprint density at radius 1 is 1.18 bits per heavy atom. The Bertz CT molecular complexity index is 562. The predicted molar refractivity (Wildman–Crippen MR) is 65.5 cm³/mol. The maximum atomic E-state index is 11.8. The van der Waals surface area contributed by atoms with Gasteiger partial charge in [-0.25, -0.2) is 0 Å². The number of benzene rings is 1. The Labute approximate surface area is 99.0 Å². The first-order chi connectivity index (χ1) is 8.36. The van der Waals surface area contributed by atoms with Crippen molar-refractivity contribution in [3.63, 3.8) is 0 Å². The molecule has 0 bridgehead atoms. The minimum absolute atomic E-state index is 0.0226. The average molecular weight is 227 g/mol. The van der Waals surface area contributed by atoms with Crippen molar-refractivity contribution in [1.82, 2.24) is 15.6 Å². The number of carbonyl (C=O) groups is 1. The van der Waals surface area contributed by atoms with Crippen molar-refractivity contribution >= 4 is 16.8 Å². The molecule has 0 aliphatic carbocycles. The fraction of sp³-hybridized carbons (Fsp3) is 0.231. The summed E-state index contributed by atoms with van der Waals surface area (Å²) in [6, 6.07) is 9.54. The molecule has 3 rings (SSSR count). The Hall–Kier alpha value is -1.94. The molecule has 1 aliphatic rings. The minimum atomic E-state index is -0.289. The van der Waals surface area contributed by atoms with E-state index < -0.39 is 0 Å². The number of aromatic nitrogens is 1. The van der Waals surface area contributed by atoms with Gasteiger partial charge in [-0.15, -0.1) is 0 Å². The highest BCUT2D eigenvalue weighted by Gasteiger charge is 2.24. The van der Waals surface area contributed by atoms with Gasteiger partial charge in [0.15, 0.2) is 0 Å². The van der Waals surface area contributed by atoms with Crippen LogP contribution in [0.1, 0.15) is 11.6 Å². The van der Waals surface area contributed by atoms with E-state index >= 15 is 0 Å². The third kappa shape index (κ3) is 1.76. The molecule has 2 aromatic rings. The van der Waals surface area contributed by atoms with E-state index in [0.717, 1.165) is 23.0 Å². The summed E-state index contributed by atoms with van der Waals surface area (Å²) in [4.78, 5) is 16.2. The number of pyridine rings is 1. The van der Waals surface area contributed by atoms with Gasteiger partial charge in [-0.05, 0) is 6.07 Å². The fourth-order valence-electron chi connectivity index (χ4n) is 2.21. The highest BCUT2D eigenvalue weighted by atomic mass is 16.2. The lowest BCUT2D eigenvalue weighted by Crippen LogP contribution is -2.47. The first-order valence-corrected chi connectivity index (χ1v) is 5.71. The van der Waals surface area contributed by atoms with Crippen LogP contribution in [-0.2, 0) is 4.79 Å². The largest absolute Gasteiger partial charge is 0.353 e. The van der Waals surface area contributed by atoms with E-state index in [0.29, 0.717) is 6.54 Å². The van der Waals surface area contributed by atoms with Crippen LogP contribution in [0.3, 0.4) is 0 Å². The smallest absolute Gasteiger partial charge is 0.241 e. The van der Waals surface area contributed by atoms with Crippen molar-refractivity contribution < 1.29 is 4.79 Å². The SMILES string of the molecule is O=C1NCCNC1c1cccc2cccnc12. The number of amides is 1. The lowest BCUT2D eigenvalue weighted by Gasteiger charge is -2.24. The molecule has 2 N–H and O–H groups in total. The molecule has 86 valence electrons. The number of para-hydroxylation sites is 1. The van der Waals surface area contributed by atoms with E-state index in [-0.39, 0.29) is 11.9 Å². The summed E-state index contributed by atoms with van der Waals surface area (Å²) in [5.41, 5.74) is 1.84. The quantitative estimate of drug-likeness (QED) is 0.764. The molecule has 0 radical (unpaired) electrons. The number of hydrogen-bond donors (Lipinski definition) is 2. The van der Waals surface area contributed by atoms with E-state index in [2.05, 4.69) is 15.6 Å². The number of carbonyl (C=O) groups excluding carboxylic acids is 1. The fourth-order valence-corrected chi connectivity index (χ4v) is 2.21. The van der Waals surface area contributed by atoms with Crippen molar-refractivity contribution in [2.75, 3.05) is 13.1 Å². The van der Waals surface area contributed by atoms with Gasteiger partial charge in [0.25, 0.3) is 0 Å². The lowest BCUT2D eigenvalue weighted by atomic mass is 10.0. The zero-order chi connectivity index (χ0) is 11.7. The van der Waals surface area contributed by atoms with Crippen molar-refractivity contribution in [2.45, 2.75) is 6.04 Å². The average Bonchev–Trinajstić information content (AvgIpc) is 2.39. The van der Waals surface area contributed by atoms with E-state index in [1.54, 1.807) is 6.20 Å². The standard InChI is InChI=1S/C13H13N3O/c17-13-12(15-7-8-16-13)10-5-1-3-9-4-2-6-14-11(9)10/h1-6,12,15H,7-8H2,(H,16,17). The van der Waals surface area contributed by atoms with E-state index in [1.807, 2.05) is 30.3 Å². The molecule has 1 saturated heterocycles. The molecule has 1 atom stereocenters. The molecule has 4 nitrogen and oxygen atoms in total. The van der Waals surface area contributed by atoms with Gasteiger partial charge in [0.1, 0.15) is 6.04 Å². The molecule has 0 saturated carbocycles. The summed E-state index contributed by atoms with van der Waals surface area (Å²) >= 11 is 0. The molecule has 4 heteroatoms. The molecule has 2 heterocycles. The second-order valence-corrected chi connectivity index (χ2v) is 4.10. The molecular formula is C13H13N3O. The Morgan fingerprint density at radius 2 is 2.06 bits per heavy atom. The Morgan fingerprint density at radius 3 is 2.94 bits per heavy atom. The van der Waals surface area contributed by atoms with Gasteiger partial charge in [-0.3, -0.25) is 9.78 Å². The number of hydrogen-bond acceptors (Lipinski definition) is 3. The van der Waals surface area contributed by atoms with Crippen LogP contribution in [0.2, 0.25) is 0 Å². The number of rotatable bonds is 1. The number of fused-ring (bicyclic) bond motifs is 1. The highest BCUT2D eigenvalue weighted by Crippen LogP contribution is 2.23. The number of nitrogens with zero attached hydrogens (tertiary/aromatic N) is 1. The third-order valence-electron chi connectivity index (χ3n) is 3.01. The summed E-state index contributed by atoms with van der Waals surface area (Å²) in [6.45, 7) is 1.48. The molecule has 1 aromatic carbocycles. The van der Waals surface area contributed by atoms with Crippen LogP contribution >= 0.6 is 0 Å². The molecule has 1 unspecified atom stereocenters. The monoisotopic (exact) mass is 227 g/mol. The van der Waals surface area contributed by atoms with Crippen LogP contribution < -0.4 is 10.6 Å². The maximum absolute atomic E-state index is 11.8. The summed E-state index contributed by atoms with van der Waals surface area (Å²) < 4.78 is 0. The van der Waals surface area contributed by atoms with Gasteiger partial charge in [-0.1, -0.05) is 24.3 Å². The van der Waals surface area contributed by atoms with Gasteiger partial charge in [0, 0.05) is 30.2 Å². The lowest BCUT2D eigenvalue weighted by molar-refractivity contribution is -0.124. The third-order valence-corrected chi connectivity index (χ3v) is 3.01. The summed E-state index contributed by atoms with van der Waals surface area (Å²) in [6.07, 6.45) is 1.76. The van der Waals surface area contributed by atoms with Crippen LogP contribution in [0.25, 0.3) is 10.9 Å². The predicted octanol–water partition coefficient (Wildman–Crippen LogP) is 0.995. The summed E-state index contributed by atoms with van der Waals surface area (Å²) in [5.74, 6) is 0.0226. The highest BCUT2D eigenvalue weighted by molar-refractivity contribution is 5.90. The first kappa shape index (κ1) is 10.2. The van der Waals surface area contributed by atoms with Gasteiger partial charge >= 0.3 is 0 Å². The first-order valence-electron chi connectivity index (χ1n) is 5.71. The molecule has 1 amide bonds. The van der Waals surface area contributed by atoms with Crippen molar-refractivity contribution in [3.05, 3.63) is 42.1 Å². The minimum Gasteiger partial charge on any atom is -0.353 e. The molecule has 17 heavy (non-hydrogen) atoms. The van der Waals surface area contributed by atoms with E-state index in [4.69, 9.17) is 0 Å². The normalized spacial score (nSPS) is 20.2. The Kier molecular flexibility index (Phi) is 2.49. The van der Waals surface area contributed by atoms with Crippen LogP contribution in [0.4, 0.5) is 0 Å². The molecule has 1 fully saturated rings. The second kappa shape index (κ2) is 4.14. The van der Waals surface area contributed by atoms with Gasteiger partial charge in [-0.2, -0.15) is 0 Å². The number of nitrogens with one attached hydrogen (secondary N) is 2. The Balaban J connectivity index is 2.13. The maximum Gasteiger partial charge on any atom is 0.241 e. The van der Waals surface area contributed by atoms with Crippen molar-refractivity contribution in [3.8, 4) is 0 Å². The number of piperazine rings is 1. The van der Waals surface area contributed by atoms with Crippen LogP contribution in [0, 0.1) is 0 Å². The van der Waals surface area contributed by atoms with Crippen molar-refractivity contribution in [1.29, 1.82) is 0 Å². The van der Waals surface area contributed by atoms with Gasteiger partial charge < -0.3 is 10.6 Å². The van der Waals surface area contributed by atoms with Crippen LogP contribution in [0.5, 0.6) is 0 Å². The summed E-state index contributed by atoms with van der Waals surface area (Å²) in [5, 5.41) is 7.15. The molecule has 0 spiro atoms. The van der Waals surface area contributed by atoms with Gasteiger partial charge in [0.05, 0.1) is 5.52 Å². The zero-order valence-electron chi connectivity index (χ0n) is 9.31. The van der Waals surface area contributed by atoms with Crippen LogP contribution in [-0.4, -0.2) is 24.0 Å². The van der Waals surface area contributed by atoms with E-state index in [1.165, 1.54) is 0 Å². The topological polar surface area (TPSA) is 54.0 Å². The zero-order valence-corrected chi connectivity index (χ0v) is 9.31. The van der Waals surface area contributed by atoms with E-state index in [9.17, 15) is 4.79 Å². The van der Waals surface area contributed by atoms with Crippen molar-refractivity contribution in [2.24, 2.45) is 0 Å². The molecule has 1 aromatic heterocycles. The molecule has 1 aliphatic heterocycles. The summed E-state index contributed by atoms with van der Waals surface area (Å²) in [7, 11) is 0. The van der Waals surface area contributed by atoms with Crippen LogP contribution in [0.15, 0.2) is 36.5 Å². The molecular weight excluding hydrogens is 214 g/mol. The second-order valence-electron chi connectivity index (χ2n) is 4.10. The van der Waals surface area contributed by atoms with Gasteiger partial charge in [0.2, 0.25) is 5.91 Å².